The molecular weight excluding hydrogens is 266 g/mol. The van der Waals surface area contributed by atoms with Gasteiger partial charge in [-0.1, -0.05) is 25.0 Å². The van der Waals surface area contributed by atoms with Crippen LogP contribution in [0.4, 0.5) is 5.69 Å². The van der Waals surface area contributed by atoms with Crippen LogP contribution in [0.25, 0.3) is 0 Å². The minimum atomic E-state index is -0.809. The number of nitrogens with one attached hydrogen (secondary N) is 1. The Morgan fingerprint density at radius 3 is 2.48 bits per heavy atom. The number of benzene rings is 1. The standard InChI is InChI=1S/C17H23NO3/c1-12-6-5-7-14(13(12)2)18-15(19)10-17(11-16(20)21)8-3-4-9-17/h5-7H,3-4,8-11H2,1-2H3,(H,18,19)(H,20,21). The van der Waals surface area contributed by atoms with Crippen LogP contribution in [-0.2, 0) is 9.59 Å². The van der Waals surface area contributed by atoms with Crippen molar-refractivity contribution in [2.75, 3.05) is 5.32 Å². The zero-order valence-electron chi connectivity index (χ0n) is 12.7. The minimum absolute atomic E-state index is 0.0770. The Bertz CT molecular complexity index is 545. The summed E-state index contributed by atoms with van der Waals surface area (Å²) < 4.78 is 0. The average Bonchev–Trinajstić information content (AvgIpc) is 2.82. The van der Waals surface area contributed by atoms with E-state index in [-0.39, 0.29) is 17.7 Å². The van der Waals surface area contributed by atoms with E-state index in [0.29, 0.717) is 6.42 Å². The van der Waals surface area contributed by atoms with Gasteiger partial charge in [-0.15, -0.1) is 0 Å². The van der Waals surface area contributed by atoms with Gasteiger partial charge in [0, 0.05) is 12.1 Å². The maximum Gasteiger partial charge on any atom is 0.303 e. The molecule has 21 heavy (non-hydrogen) atoms. The topological polar surface area (TPSA) is 66.4 Å². The van der Waals surface area contributed by atoms with Crippen molar-refractivity contribution in [3.8, 4) is 0 Å². The number of carbonyl (C=O) groups excluding carboxylic acids is 1. The van der Waals surface area contributed by atoms with Gasteiger partial charge in [-0.25, -0.2) is 0 Å². The number of hydrogen-bond donors (Lipinski definition) is 2. The fraction of sp³-hybridized carbons (Fsp3) is 0.529. The van der Waals surface area contributed by atoms with Crippen LogP contribution in [0.1, 0.15) is 49.7 Å². The second kappa shape index (κ2) is 6.29. The van der Waals surface area contributed by atoms with Gasteiger partial charge in [-0.05, 0) is 49.3 Å². The van der Waals surface area contributed by atoms with Gasteiger partial charge < -0.3 is 10.4 Å². The van der Waals surface area contributed by atoms with E-state index in [2.05, 4.69) is 5.32 Å². The Hall–Kier alpha value is -1.84. The normalized spacial score (nSPS) is 16.7. The molecule has 4 heteroatoms. The van der Waals surface area contributed by atoms with Crippen LogP contribution < -0.4 is 5.32 Å². The summed E-state index contributed by atoms with van der Waals surface area (Å²) in [6.45, 7) is 3.99. The Morgan fingerprint density at radius 1 is 1.19 bits per heavy atom. The molecule has 1 amide bonds. The van der Waals surface area contributed by atoms with Crippen molar-refractivity contribution in [3.05, 3.63) is 29.3 Å². The summed E-state index contributed by atoms with van der Waals surface area (Å²) in [5.41, 5.74) is 2.66. The number of hydrogen-bond acceptors (Lipinski definition) is 2. The highest BCUT2D eigenvalue weighted by Gasteiger charge is 2.38. The number of carboxylic acid groups (broad SMARTS) is 1. The van der Waals surface area contributed by atoms with E-state index in [4.69, 9.17) is 5.11 Å². The van der Waals surface area contributed by atoms with Crippen LogP contribution in [0.2, 0.25) is 0 Å². The summed E-state index contributed by atoms with van der Waals surface area (Å²) in [5.74, 6) is -0.886. The monoisotopic (exact) mass is 289 g/mol. The Morgan fingerprint density at radius 2 is 1.86 bits per heavy atom. The van der Waals surface area contributed by atoms with Gasteiger partial charge in [-0.2, -0.15) is 0 Å². The fourth-order valence-electron chi connectivity index (χ4n) is 3.28. The molecule has 2 N–H and O–H groups in total. The maximum absolute atomic E-state index is 12.3. The molecule has 0 unspecified atom stereocenters. The third kappa shape index (κ3) is 3.84. The van der Waals surface area contributed by atoms with Crippen molar-refractivity contribution < 1.29 is 14.7 Å². The van der Waals surface area contributed by atoms with Gasteiger partial charge in [0.25, 0.3) is 0 Å². The van der Waals surface area contributed by atoms with Crippen molar-refractivity contribution in [1.82, 2.24) is 0 Å². The number of carboxylic acids is 1. The molecule has 1 aromatic carbocycles. The van der Waals surface area contributed by atoms with E-state index in [0.717, 1.165) is 42.5 Å². The molecule has 0 spiro atoms. The summed E-state index contributed by atoms with van der Waals surface area (Å²) in [6, 6.07) is 5.81. The molecule has 1 saturated carbocycles. The molecule has 0 atom stereocenters. The molecule has 0 bridgehead atoms. The maximum atomic E-state index is 12.3. The van der Waals surface area contributed by atoms with Crippen molar-refractivity contribution >= 4 is 17.6 Å². The lowest BCUT2D eigenvalue weighted by Gasteiger charge is -2.26. The van der Waals surface area contributed by atoms with Crippen LogP contribution in [0.3, 0.4) is 0 Å². The first kappa shape index (κ1) is 15.5. The summed E-state index contributed by atoms with van der Waals surface area (Å²) in [4.78, 5) is 23.4. The van der Waals surface area contributed by atoms with E-state index in [1.165, 1.54) is 0 Å². The number of aliphatic carboxylic acids is 1. The summed E-state index contributed by atoms with van der Waals surface area (Å²) in [6.07, 6.45) is 4.09. The average molecular weight is 289 g/mol. The molecule has 1 aromatic rings. The van der Waals surface area contributed by atoms with Gasteiger partial charge in [0.15, 0.2) is 0 Å². The molecular formula is C17H23NO3. The van der Waals surface area contributed by atoms with E-state index in [1.807, 2.05) is 32.0 Å². The van der Waals surface area contributed by atoms with Crippen molar-refractivity contribution in [2.24, 2.45) is 5.41 Å². The lowest BCUT2D eigenvalue weighted by Crippen LogP contribution is -2.28. The molecule has 114 valence electrons. The van der Waals surface area contributed by atoms with Gasteiger partial charge in [0.1, 0.15) is 0 Å². The Balaban J connectivity index is 2.06. The molecule has 1 aliphatic carbocycles. The zero-order chi connectivity index (χ0) is 15.5. The van der Waals surface area contributed by atoms with Crippen molar-refractivity contribution in [3.63, 3.8) is 0 Å². The Kier molecular flexibility index (Phi) is 4.66. The third-order valence-corrected chi connectivity index (χ3v) is 4.60. The zero-order valence-corrected chi connectivity index (χ0v) is 12.7. The second-order valence-corrected chi connectivity index (χ2v) is 6.25. The molecule has 0 saturated heterocycles. The Labute approximate surface area is 125 Å². The third-order valence-electron chi connectivity index (χ3n) is 4.60. The molecule has 1 aliphatic rings. The minimum Gasteiger partial charge on any atom is -0.481 e. The SMILES string of the molecule is Cc1cccc(NC(=O)CC2(CC(=O)O)CCCC2)c1C. The lowest BCUT2D eigenvalue weighted by molar-refractivity contribution is -0.140. The first-order chi connectivity index (χ1) is 9.92. The van der Waals surface area contributed by atoms with Crippen LogP contribution in [0.5, 0.6) is 0 Å². The summed E-state index contributed by atoms with van der Waals surface area (Å²) >= 11 is 0. The predicted octanol–water partition coefficient (Wildman–Crippen LogP) is 3.67. The van der Waals surface area contributed by atoms with Crippen LogP contribution in [0, 0.1) is 19.3 Å². The van der Waals surface area contributed by atoms with Crippen molar-refractivity contribution in [1.29, 1.82) is 0 Å². The molecule has 0 aromatic heterocycles. The first-order valence-electron chi connectivity index (χ1n) is 7.50. The molecule has 0 heterocycles. The number of anilines is 1. The number of aryl methyl sites for hydroxylation is 1. The van der Waals surface area contributed by atoms with Crippen LogP contribution in [-0.4, -0.2) is 17.0 Å². The second-order valence-electron chi connectivity index (χ2n) is 6.25. The van der Waals surface area contributed by atoms with Crippen LogP contribution >= 0.6 is 0 Å². The predicted molar refractivity (Wildman–Crippen MR) is 82.3 cm³/mol. The summed E-state index contributed by atoms with van der Waals surface area (Å²) in [7, 11) is 0. The van der Waals surface area contributed by atoms with Crippen molar-refractivity contribution in [2.45, 2.75) is 52.4 Å². The number of amides is 1. The smallest absolute Gasteiger partial charge is 0.303 e. The molecule has 0 radical (unpaired) electrons. The van der Waals surface area contributed by atoms with E-state index in [9.17, 15) is 9.59 Å². The fourth-order valence-corrected chi connectivity index (χ4v) is 3.28. The molecule has 2 rings (SSSR count). The van der Waals surface area contributed by atoms with E-state index >= 15 is 0 Å². The van der Waals surface area contributed by atoms with Crippen LogP contribution in [0.15, 0.2) is 18.2 Å². The highest BCUT2D eigenvalue weighted by molar-refractivity contribution is 5.92. The molecule has 4 nitrogen and oxygen atoms in total. The number of rotatable bonds is 5. The largest absolute Gasteiger partial charge is 0.481 e. The quantitative estimate of drug-likeness (QED) is 0.869. The lowest BCUT2D eigenvalue weighted by atomic mass is 9.79. The van der Waals surface area contributed by atoms with E-state index < -0.39 is 5.97 Å². The van der Waals surface area contributed by atoms with Gasteiger partial charge in [0.2, 0.25) is 5.91 Å². The molecule has 1 fully saturated rings. The number of carbonyl (C=O) groups is 2. The van der Waals surface area contributed by atoms with E-state index in [1.54, 1.807) is 0 Å². The van der Waals surface area contributed by atoms with Gasteiger partial charge in [0.05, 0.1) is 6.42 Å². The van der Waals surface area contributed by atoms with Gasteiger partial charge in [-0.3, -0.25) is 9.59 Å². The molecule has 0 aliphatic heterocycles. The first-order valence-corrected chi connectivity index (χ1v) is 7.50. The highest BCUT2D eigenvalue weighted by atomic mass is 16.4. The highest BCUT2D eigenvalue weighted by Crippen LogP contribution is 2.44. The summed E-state index contributed by atoms with van der Waals surface area (Å²) in [5, 5.41) is 12.0. The van der Waals surface area contributed by atoms with Gasteiger partial charge >= 0.3 is 5.97 Å².